The monoisotopic (exact) mass is 486 g/mol. The summed E-state index contributed by atoms with van der Waals surface area (Å²) in [5.74, 6) is 2.04. The van der Waals surface area contributed by atoms with Gasteiger partial charge in [-0.3, -0.25) is 4.79 Å². The summed E-state index contributed by atoms with van der Waals surface area (Å²) in [6.45, 7) is 6.69. The lowest BCUT2D eigenvalue weighted by molar-refractivity contribution is 0.296. The van der Waals surface area contributed by atoms with Gasteiger partial charge in [-0.25, -0.2) is 9.67 Å². The van der Waals surface area contributed by atoms with E-state index in [0.717, 1.165) is 77.4 Å². The molecule has 0 fully saturated rings. The quantitative estimate of drug-likeness (QED) is 0.237. The zero-order chi connectivity index (χ0) is 24.5. The summed E-state index contributed by atoms with van der Waals surface area (Å²) in [4.78, 5) is 17.7. The first kappa shape index (κ1) is 26.2. The molecule has 0 aliphatic heterocycles. The molecular weight excluding hydrogens is 448 g/mol. The smallest absolute Gasteiger partial charge is 0.277 e. The van der Waals surface area contributed by atoms with Crippen molar-refractivity contribution in [3.8, 4) is 0 Å². The summed E-state index contributed by atoms with van der Waals surface area (Å²) < 4.78 is 3.59. The highest BCUT2D eigenvalue weighted by atomic mass is 32.2. The molecule has 0 bridgehead atoms. The van der Waals surface area contributed by atoms with Crippen molar-refractivity contribution in [2.75, 3.05) is 30.8 Å². The van der Waals surface area contributed by atoms with Crippen molar-refractivity contribution >= 4 is 28.4 Å². The van der Waals surface area contributed by atoms with Crippen LogP contribution in [0.3, 0.4) is 0 Å². The number of nitrogens with zero attached hydrogens (tertiary/aromatic N) is 4. The Balaban J connectivity index is 1.87. The van der Waals surface area contributed by atoms with Crippen molar-refractivity contribution < 1.29 is 5.11 Å². The van der Waals surface area contributed by atoms with Gasteiger partial charge in [-0.1, -0.05) is 26.3 Å². The minimum absolute atomic E-state index is 0.0833. The molecular formula is C25H38N6O2S. The Kier molecular flexibility index (Phi) is 9.98. The molecule has 9 heteroatoms. The first-order valence-electron chi connectivity index (χ1n) is 12.2. The highest BCUT2D eigenvalue weighted by molar-refractivity contribution is 7.99. The second kappa shape index (κ2) is 12.9. The predicted octanol–water partition coefficient (Wildman–Crippen LogP) is 3.39. The Bertz CT molecular complexity index is 1110. The van der Waals surface area contributed by atoms with E-state index in [1.807, 2.05) is 12.3 Å². The molecule has 3 rings (SSSR count). The SMILES string of the molecule is CC(C)Cc1nn(C)c(=O)c2c(SCCCO)n(Cc3ccc(NCCCCCN)nc3)cc12. The average molecular weight is 487 g/mol. The highest BCUT2D eigenvalue weighted by Gasteiger charge is 2.19. The molecule has 0 aromatic carbocycles. The molecule has 0 aliphatic carbocycles. The summed E-state index contributed by atoms with van der Waals surface area (Å²) in [5.41, 5.74) is 7.47. The summed E-state index contributed by atoms with van der Waals surface area (Å²) in [6.07, 6.45) is 8.68. The van der Waals surface area contributed by atoms with Crippen LogP contribution in [0.25, 0.3) is 10.8 Å². The zero-order valence-corrected chi connectivity index (χ0v) is 21.4. The lowest BCUT2D eigenvalue weighted by Gasteiger charge is -2.10. The van der Waals surface area contributed by atoms with Gasteiger partial charge in [0.05, 0.1) is 16.1 Å². The van der Waals surface area contributed by atoms with Gasteiger partial charge in [0.15, 0.2) is 0 Å². The summed E-state index contributed by atoms with van der Waals surface area (Å²) in [6, 6.07) is 4.08. The largest absolute Gasteiger partial charge is 0.396 e. The molecule has 3 aromatic heterocycles. The second-order valence-electron chi connectivity index (χ2n) is 9.08. The van der Waals surface area contributed by atoms with E-state index in [1.165, 1.54) is 4.68 Å². The molecule has 0 amide bonds. The van der Waals surface area contributed by atoms with Crippen LogP contribution in [-0.2, 0) is 20.0 Å². The summed E-state index contributed by atoms with van der Waals surface area (Å²) in [5, 5.41) is 19.8. The van der Waals surface area contributed by atoms with Gasteiger partial charge in [-0.05, 0) is 49.8 Å². The first-order valence-corrected chi connectivity index (χ1v) is 13.1. The van der Waals surface area contributed by atoms with Crippen LogP contribution in [0.5, 0.6) is 0 Å². The maximum absolute atomic E-state index is 13.1. The van der Waals surface area contributed by atoms with Crippen molar-refractivity contribution in [2.45, 2.75) is 57.5 Å². The van der Waals surface area contributed by atoms with E-state index in [-0.39, 0.29) is 12.2 Å². The molecule has 0 saturated carbocycles. The van der Waals surface area contributed by atoms with Gasteiger partial charge in [0.2, 0.25) is 0 Å². The fourth-order valence-corrected chi connectivity index (χ4v) is 5.02. The van der Waals surface area contributed by atoms with Crippen molar-refractivity contribution in [1.82, 2.24) is 19.3 Å². The lowest BCUT2D eigenvalue weighted by atomic mass is 10.1. The molecule has 0 atom stereocenters. The number of aliphatic hydroxyl groups is 1. The number of nitrogens with one attached hydrogen (secondary N) is 1. The maximum Gasteiger partial charge on any atom is 0.277 e. The summed E-state index contributed by atoms with van der Waals surface area (Å²) >= 11 is 1.62. The minimum Gasteiger partial charge on any atom is -0.396 e. The van der Waals surface area contributed by atoms with Gasteiger partial charge in [-0.15, -0.1) is 11.8 Å². The van der Waals surface area contributed by atoms with Crippen LogP contribution < -0.4 is 16.6 Å². The van der Waals surface area contributed by atoms with Crippen molar-refractivity contribution in [2.24, 2.45) is 18.7 Å². The number of hydrogen-bond acceptors (Lipinski definition) is 7. The first-order chi connectivity index (χ1) is 16.4. The van der Waals surface area contributed by atoms with Crippen LogP contribution >= 0.6 is 11.8 Å². The number of rotatable bonds is 14. The van der Waals surface area contributed by atoms with E-state index in [0.29, 0.717) is 18.9 Å². The third kappa shape index (κ3) is 6.84. The third-order valence-electron chi connectivity index (χ3n) is 5.63. The van der Waals surface area contributed by atoms with Gasteiger partial charge in [-0.2, -0.15) is 5.10 Å². The van der Waals surface area contributed by atoms with Crippen LogP contribution in [-0.4, -0.2) is 49.9 Å². The molecule has 8 nitrogen and oxygen atoms in total. The Morgan fingerprint density at radius 3 is 2.71 bits per heavy atom. The standard InChI is InChI=1S/C25H38N6O2S/c1-18(2)14-21-20-17-31(25(34-13-7-12-32)23(20)24(33)30(3)29-21)16-19-8-9-22(28-15-19)27-11-6-4-5-10-26/h8-9,15,17-18,32H,4-7,10-14,16,26H2,1-3H3,(H,27,28). The molecule has 3 aromatic rings. The van der Waals surface area contributed by atoms with Crippen molar-refractivity contribution in [3.05, 3.63) is 46.1 Å². The number of thioether (sulfide) groups is 1. The molecule has 0 aliphatic rings. The number of aliphatic hydroxyl groups excluding tert-OH is 1. The molecule has 3 heterocycles. The van der Waals surface area contributed by atoms with Gasteiger partial charge in [0.1, 0.15) is 5.82 Å². The molecule has 34 heavy (non-hydrogen) atoms. The molecule has 0 saturated heterocycles. The number of aryl methyl sites for hydroxylation is 1. The number of pyridine rings is 1. The summed E-state index contributed by atoms with van der Waals surface area (Å²) in [7, 11) is 1.72. The van der Waals surface area contributed by atoms with E-state index in [4.69, 9.17) is 5.73 Å². The minimum atomic E-state index is -0.0833. The van der Waals surface area contributed by atoms with Crippen LogP contribution in [0.2, 0.25) is 0 Å². The Hall–Kier alpha value is -2.36. The Labute approximate surface area is 206 Å². The number of unbranched alkanes of at least 4 members (excludes halogenated alkanes) is 2. The second-order valence-corrected chi connectivity index (χ2v) is 10.2. The molecule has 0 spiro atoms. The van der Waals surface area contributed by atoms with Crippen LogP contribution in [0.15, 0.2) is 34.3 Å². The average Bonchev–Trinajstić information content (AvgIpc) is 3.16. The van der Waals surface area contributed by atoms with Crippen molar-refractivity contribution in [1.29, 1.82) is 0 Å². The van der Waals surface area contributed by atoms with E-state index in [9.17, 15) is 9.90 Å². The van der Waals surface area contributed by atoms with Crippen LogP contribution in [0.1, 0.15) is 50.8 Å². The fraction of sp³-hybridized carbons (Fsp3) is 0.560. The predicted molar refractivity (Wildman–Crippen MR) is 141 cm³/mol. The van der Waals surface area contributed by atoms with Crippen molar-refractivity contribution in [3.63, 3.8) is 0 Å². The normalized spacial score (nSPS) is 11.6. The van der Waals surface area contributed by atoms with E-state index >= 15 is 0 Å². The number of nitrogens with two attached hydrogens (primary N) is 1. The fourth-order valence-electron chi connectivity index (χ4n) is 3.93. The van der Waals surface area contributed by atoms with Gasteiger partial charge in [0, 0.05) is 50.3 Å². The topological polar surface area (TPSA) is 111 Å². The van der Waals surface area contributed by atoms with Gasteiger partial charge < -0.3 is 20.7 Å². The van der Waals surface area contributed by atoms with E-state index in [1.54, 1.807) is 18.8 Å². The number of fused-ring (bicyclic) bond motifs is 1. The van der Waals surface area contributed by atoms with E-state index in [2.05, 4.69) is 46.1 Å². The lowest BCUT2D eigenvalue weighted by Crippen LogP contribution is -2.22. The Morgan fingerprint density at radius 2 is 2.03 bits per heavy atom. The number of anilines is 1. The van der Waals surface area contributed by atoms with Gasteiger partial charge >= 0.3 is 0 Å². The highest BCUT2D eigenvalue weighted by Crippen LogP contribution is 2.31. The molecule has 0 unspecified atom stereocenters. The van der Waals surface area contributed by atoms with Crippen LogP contribution in [0.4, 0.5) is 5.82 Å². The molecule has 0 radical (unpaired) electrons. The number of hydrogen-bond donors (Lipinski definition) is 3. The van der Waals surface area contributed by atoms with E-state index < -0.39 is 0 Å². The number of aromatic nitrogens is 4. The molecule has 4 N–H and O–H groups in total. The van der Waals surface area contributed by atoms with Crippen LogP contribution in [0, 0.1) is 5.92 Å². The maximum atomic E-state index is 13.1. The third-order valence-corrected chi connectivity index (χ3v) is 6.83. The molecule has 186 valence electrons. The Morgan fingerprint density at radius 1 is 1.21 bits per heavy atom. The zero-order valence-electron chi connectivity index (χ0n) is 20.6. The van der Waals surface area contributed by atoms with Gasteiger partial charge in [0.25, 0.3) is 5.56 Å².